The van der Waals surface area contributed by atoms with E-state index in [9.17, 15) is 0 Å². The van der Waals surface area contributed by atoms with E-state index in [1.54, 1.807) is 13.2 Å². The van der Waals surface area contributed by atoms with Crippen molar-refractivity contribution < 1.29 is 9.47 Å². The second kappa shape index (κ2) is 6.38. The first-order valence-corrected chi connectivity index (χ1v) is 6.63. The summed E-state index contributed by atoms with van der Waals surface area (Å²) in [5, 5.41) is 2.86. The van der Waals surface area contributed by atoms with Crippen molar-refractivity contribution in [2.75, 3.05) is 19.0 Å². The molecule has 0 saturated heterocycles. The summed E-state index contributed by atoms with van der Waals surface area (Å²) in [6, 6.07) is 7.37. The number of nitrogens with one attached hydrogen (secondary N) is 1. The molecule has 100 valence electrons. The highest BCUT2D eigenvalue weighted by Gasteiger charge is 2.07. The van der Waals surface area contributed by atoms with E-state index in [1.807, 2.05) is 31.2 Å². The average Bonchev–Trinajstić information content (AvgIpc) is 2.44. The number of rotatable bonds is 5. The van der Waals surface area contributed by atoms with E-state index in [4.69, 9.17) is 9.47 Å². The van der Waals surface area contributed by atoms with Crippen molar-refractivity contribution in [1.82, 2.24) is 9.97 Å². The maximum atomic E-state index is 5.69. The number of aromatic nitrogens is 2. The van der Waals surface area contributed by atoms with Crippen molar-refractivity contribution in [3.05, 3.63) is 34.9 Å². The van der Waals surface area contributed by atoms with Gasteiger partial charge in [-0.3, -0.25) is 0 Å². The van der Waals surface area contributed by atoms with Crippen molar-refractivity contribution in [3.63, 3.8) is 0 Å². The molecule has 1 aromatic heterocycles. The summed E-state index contributed by atoms with van der Waals surface area (Å²) in [7, 11) is 1.75. The van der Waals surface area contributed by atoms with Gasteiger partial charge in [-0.25, -0.2) is 4.98 Å². The second-order valence-electron chi connectivity index (χ2n) is 3.60. The molecule has 0 aliphatic carbocycles. The molecule has 0 spiro atoms. The highest BCUT2D eigenvalue weighted by Crippen LogP contribution is 2.28. The van der Waals surface area contributed by atoms with Crippen LogP contribution in [-0.4, -0.2) is 23.6 Å². The third-order valence-electron chi connectivity index (χ3n) is 2.28. The summed E-state index contributed by atoms with van der Waals surface area (Å²) < 4.78 is 11.8. The summed E-state index contributed by atoms with van der Waals surface area (Å²) in [5.74, 6) is 2.46. The minimum atomic E-state index is 0.462. The van der Waals surface area contributed by atoms with Crippen LogP contribution in [0.15, 0.2) is 34.9 Å². The van der Waals surface area contributed by atoms with Crippen molar-refractivity contribution in [2.24, 2.45) is 0 Å². The Balaban J connectivity index is 2.16. The minimum Gasteiger partial charge on any atom is -0.494 e. The molecule has 6 heteroatoms. The summed E-state index contributed by atoms with van der Waals surface area (Å²) in [4.78, 5) is 8.29. The van der Waals surface area contributed by atoms with Crippen LogP contribution >= 0.6 is 15.9 Å². The number of ether oxygens (including phenoxy) is 2. The summed E-state index contributed by atoms with van der Waals surface area (Å²) in [5.41, 5.74) is 0. The normalized spacial score (nSPS) is 10.1. The zero-order valence-corrected chi connectivity index (χ0v) is 12.3. The number of hydrogen-bond acceptors (Lipinski definition) is 5. The Morgan fingerprint density at radius 1 is 1.21 bits per heavy atom. The highest BCUT2D eigenvalue weighted by atomic mass is 79.9. The lowest BCUT2D eigenvalue weighted by Crippen LogP contribution is -1.98. The van der Waals surface area contributed by atoms with E-state index in [-0.39, 0.29) is 0 Å². The van der Waals surface area contributed by atoms with Gasteiger partial charge in [-0.1, -0.05) is 0 Å². The van der Waals surface area contributed by atoms with Crippen LogP contribution in [0.1, 0.15) is 6.92 Å². The first-order chi connectivity index (χ1) is 9.22. The molecule has 0 amide bonds. The first-order valence-electron chi connectivity index (χ1n) is 5.84. The molecular formula is C13H14BrN3O2. The van der Waals surface area contributed by atoms with Gasteiger partial charge in [-0.05, 0) is 47.1 Å². The zero-order chi connectivity index (χ0) is 13.7. The Labute approximate surface area is 120 Å². The van der Waals surface area contributed by atoms with E-state index in [0.717, 1.165) is 5.75 Å². The molecule has 0 saturated carbocycles. The van der Waals surface area contributed by atoms with Crippen LogP contribution in [0, 0.1) is 0 Å². The van der Waals surface area contributed by atoms with Crippen molar-refractivity contribution in [3.8, 4) is 17.4 Å². The number of anilines is 1. The second-order valence-corrected chi connectivity index (χ2v) is 4.46. The van der Waals surface area contributed by atoms with Crippen molar-refractivity contribution >= 4 is 21.9 Å². The lowest BCUT2D eigenvalue weighted by atomic mass is 10.3. The Morgan fingerprint density at radius 2 is 1.89 bits per heavy atom. The molecule has 2 aromatic rings. The molecule has 0 aliphatic rings. The lowest BCUT2D eigenvalue weighted by Gasteiger charge is -2.08. The first kappa shape index (κ1) is 13.6. The fourth-order valence-electron chi connectivity index (χ4n) is 1.43. The van der Waals surface area contributed by atoms with Gasteiger partial charge in [0.1, 0.15) is 11.5 Å². The Bertz CT molecular complexity index is 546. The van der Waals surface area contributed by atoms with Crippen LogP contribution < -0.4 is 14.8 Å². The summed E-state index contributed by atoms with van der Waals surface area (Å²) in [6.45, 7) is 2.59. The molecule has 0 atom stereocenters. The third-order valence-corrected chi connectivity index (χ3v) is 2.83. The Hall–Kier alpha value is -1.82. The number of hydrogen-bond donors (Lipinski definition) is 1. The van der Waals surface area contributed by atoms with E-state index in [1.165, 1.54) is 0 Å². The zero-order valence-electron chi connectivity index (χ0n) is 10.7. The van der Waals surface area contributed by atoms with Gasteiger partial charge in [0, 0.05) is 7.05 Å². The van der Waals surface area contributed by atoms with Gasteiger partial charge < -0.3 is 14.8 Å². The molecular weight excluding hydrogens is 310 g/mol. The van der Waals surface area contributed by atoms with Gasteiger partial charge in [0.2, 0.25) is 11.8 Å². The molecule has 0 unspecified atom stereocenters. The summed E-state index contributed by atoms with van der Waals surface area (Å²) in [6.07, 6.45) is 1.64. The van der Waals surface area contributed by atoms with Gasteiger partial charge in [0.05, 0.1) is 17.3 Å². The van der Waals surface area contributed by atoms with Crippen LogP contribution in [-0.2, 0) is 0 Å². The average molecular weight is 324 g/mol. The monoisotopic (exact) mass is 323 g/mol. The maximum absolute atomic E-state index is 5.69. The molecule has 0 bridgehead atoms. The number of halogens is 1. The molecule has 1 N–H and O–H groups in total. The quantitative estimate of drug-likeness (QED) is 0.913. The molecule has 5 nitrogen and oxygen atoms in total. The topological polar surface area (TPSA) is 56.3 Å². The van der Waals surface area contributed by atoms with E-state index in [0.29, 0.717) is 28.7 Å². The van der Waals surface area contributed by atoms with Gasteiger partial charge >= 0.3 is 0 Å². The standard InChI is InChI=1S/C13H14BrN3O2/c1-3-18-9-4-6-10(7-5-9)19-12-11(14)8-16-13(15-2)17-12/h4-8H,3H2,1-2H3,(H,15,16,17). The van der Waals surface area contributed by atoms with Crippen molar-refractivity contribution in [2.45, 2.75) is 6.92 Å². The number of benzene rings is 1. The maximum Gasteiger partial charge on any atom is 0.238 e. The smallest absolute Gasteiger partial charge is 0.238 e. The van der Waals surface area contributed by atoms with Crippen LogP contribution in [0.5, 0.6) is 17.4 Å². The SMILES string of the molecule is CCOc1ccc(Oc2nc(NC)ncc2Br)cc1. The van der Waals surface area contributed by atoms with Gasteiger partial charge in [0.15, 0.2) is 0 Å². The molecule has 2 rings (SSSR count). The van der Waals surface area contributed by atoms with Gasteiger partial charge in [0.25, 0.3) is 0 Å². The van der Waals surface area contributed by atoms with E-state index >= 15 is 0 Å². The fourth-order valence-corrected chi connectivity index (χ4v) is 1.70. The van der Waals surface area contributed by atoms with Gasteiger partial charge in [-0.15, -0.1) is 0 Å². The third kappa shape index (κ3) is 3.57. The predicted octanol–water partition coefficient (Wildman–Crippen LogP) is 3.47. The fraction of sp³-hybridized carbons (Fsp3) is 0.231. The molecule has 0 radical (unpaired) electrons. The van der Waals surface area contributed by atoms with Crippen molar-refractivity contribution in [1.29, 1.82) is 0 Å². The Kier molecular flexibility index (Phi) is 4.57. The Morgan fingerprint density at radius 3 is 2.53 bits per heavy atom. The van der Waals surface area contributed by atoms with E-state index in [2.05, 4.69) is 31.2 Å². The molecule has 0 aliphatic heterocycles. The van der Waals surface area contributed by atoms with Crippen LogP contribution in [0.25, 0.3) is 0 Å². The molecule has 1 heterocycles. The van der Waals surface area contributed by atoms with Crippen LogP contribution in [0.2, 0.25) is 0 Å². The summed E-state index contributed by atoms with van der Waals surface area (Å²) >= 11 is 3.35. The molecule has 1 aromatic carbocycles. The van der Waals surface area contributed by atoms with Crippen LogP contribution in [0.4, 0.5) is 5.95 Å². The largest absolute Gasteiger partial charge is 0.494 e. The molecule has 0 fully saturated rings. The van der Waals surface area contributed by atoms with E-state index < -0.39 is 0 Å². The lowest BCUT2D eigenvalue weighted by molar-refractivity contribution is 0.339. The van der Waals surface area contributed by atoms with Crippen LogP contribution in [0.3, 0.4) is 0 Å². The minimum absolute atomic E-state index is 0.462. The highest BCUT2D eigenvalue weighted by molar-refractivity contribution is 9.10. The predicted molar refractivity (Wildman–Crippen MR) is 77.0 cm³/mol. The van der Waals surface area contributed by atoms with Gasteiger partial charge in [-0.2, -0.15) is 4.98 Å². The number of nitrogens with zero attached hydrogens (tertiary/aromatic N) is 2. The molecule has 19 heavy (non-hydrogen) atoms.